The first-order valence-electron chi connectivity index (χ1n) is 12.0. The number of rotatable bonds is 8. The first-order valence-corrected chi connectivity index (χ1v) is 12.8. The highest BCUT2D eigenvalue weighted by Crippen LogP contribution is 2.40. The molecule has 5 aromatic rings. The molecule has 5 heteroatoms. The fraction of sp³-hybridized carbons (Fsp3) is 0.241. The van der Waals surface area contributed by atoms with Gasteiger partial charge in [-0.1, -0.05) is 74.7 Å². The Hall–Kier alpha value is -3.44. The van der Waals surface area contributed by atoms with Crippen LogP contribution >= 0.6 is 11.3 Å². The van der Waals surface area contributed by atoms with Crippen molar-refractivity contribution in [3.05, 3.63) is 84.9 Å². The number of amides is 1. The fourth-order valence-corrected chi connectivity index (χ4v) is 5.78. The Kier molecular flexibility index (Phi) is 6.45. The van der Waals surface area contributed by atoms with E-state index >= 15 is 0 Å². The van der Waals surface area contributed by atoms with Crippen LogP contribution in [0.1, 0.15) is 50.0 Å². The minimum Gasteiger partial charge on any atom is -0.348 e. The summed E-state index contributed by atoms with van der Waals surface area (Å²) < 4.78 is 4.45. The summed E-state index contributed by atoms with van der Waals surface area (Å²) in [5.41, 5.74) is 3.82. The van der Waals surface area contributed by atoms with E-state index in [0.29, 0.717) is 5.69 Å². The number of unbranched alkanes of at least 4 members (excludes halogenated alkanes) is 2. The number of carbonyl (C=O) groups is 1. The second kappa shape index (κ2) is 9.82. The zero-order valence-electron chi connectivity index (χ0n) is 19.6. The molecule has 0 bridgehead atoms. The maximum absolute atomic E-state index is 13.0. The third-order valence-corrected chi connectivity index (χ3v) is 7.55. The lowest BCUT2D eigenvalue weighted by molar-refractivity contribution is 0.0931. The van der Waals surface area contributed by atoms with Crippen molar-refractivity contribution in [1.82, 2.24) is 14.9 Å². The van der Waals surface area contributed by atoms with Crippen molar-refractivity contribution in [1.29, 1.82) is 0 Å². The predicted molar refractivity (Wildman–Crippen MR) is 143 cm³/mol. The van der Waals surface area contributed by atoms with Gasteiger partial charge in [-0.2, -0.15) is 0 Å². The van der Waals surface area contributed by atoms with Crippen molar-refractivity contribution < 1.29 is 4.79 Å². The number of imidazole rings is 1. The van der Waals surface area contributed by atoms with Crippen molar-refractivity contribution >= 4 is 37.4 Å². The zero-order chi connectivity index (χ0) is 23.5. The van der Waals surface area contributed by atoms with Crippen LogP contribution in [0.3, 0.4) is 0 Å². The average molecular weight is 468 g/mol. The van der Waals surface area contributed by atoms with Crippen LogP contribution in [0.25, 0.3) is 37.0 Å². The van der Waals surface area contributed by atoms with Crippen molar-refractivity contribution in [2.24, 2.45) is 0 Å². The number of benzene rings is 3. The van der Waals surface area contributed by atoms with Crippen molar-refractivity contribution in [3.63, 3.8) is 0 Å². The summed E-state index contributed by atoms with van der Waals surface area (Å²) in [6, 6.07) is 23.5. The molecule has 1 N–H and O–H groups in total. The lowest BCUT2D eigenvalue weighted by atomic mass is 10.0. The Morgan fingerprint density at radius 3 is 2.74 bits per heavy atom. The summed E-state index contributed by atoms with van der Waals surface area (Å²) in [6.45, 7) is 4.26. The summed E-state index contributed by atoms with van der Waals surface area (Å²) in [5, 5.41) is 5.71. The first kappa shape index (κ1) is 22.4. The van der Waals surface area contributed by atoms with Crippen LogP contribution in [0.5, 0.6) is 0 Å². The van der Waals surface area contributed by atoms with E-state index in [1.165, 1.54) is 38.6 Å². The minimum atomic E-state index is -0.0847. The van der Waals surface area contributed by atoms with Crippen molar-refractivity contribution in [3.8, 4) is 16.8 Å². The molecule has 0 aliphatic rings. The summed E-state index contributed by atoms with van der Waals surface area (Å²) >= 11 is 1.83. The average Bonchev–Trinajstić information content (AvgIpc) is 3.49. The van der Waals surface area contributed by atoms with Crippen molar-refractivity contribution in [2.75, 3.05) is 0 Å². The Bertz CT molecular complexity index is 1450. The molecule has 0 unspecified atom stereocenters. The molecule has 0 aliphatic carbocycles. The van der Waals surface area contributed by atoms with E-state index in [9.17, 15) is 4.79 Å². The Morgan fingerprint density at radius 2 is 1.85 bits per heavy atom. The molecule has 5 rings (SSSR count). The normalized spacial score (nSPS) is 12.3. The maximum Gasteiger partial charge on any atom is 0.270 e. The monoisotopic (exact) mass is 467 g/mol. The van der Waals surface area contributed by atoms with Gasteiger partial charge in [0.25, 0.3) is 5.91 Å². The predicted octanol–water partition coefficient (Wildman–Crippen LogP) is 7.61. The summed E-state index contributed by atoms with van der Waals surface area (Å²) in [7, 11) is 0. The van der Waals surface area contributed by atoms with E-state index in [1.807, 2.05) is 28.0 Å². The van der Waals surface area contributed by atoms with Crippen LogP contribution in [0.2, 0.25) is 0 Å². The molecule has 172 valence electrons. The quantitative estimate of drug-likeness (QED) is 0.239. The number of aromatic nitrogens is 2. The van der Waals surface area contributed by atoms with Gasteiger partial charge in [0.2, 0.25) is 0 Å². The molecule has 0 spiro atoms. The van der Waals surface area contributed by atoms with E-state index in [-0.39, 0.29) is 11.9 Å². The van der Waals surface area contributed by atoms with Gasteiger partial charge in [0.15, 0.2) is 0 Å². The van der Waals surface area contributed by atoms with E-state index in [1.54, 1.807) is 12.5 Å². The van der Waals surface area contributed by atoms with Crippen molar-refractivity contribution in [2.45, 2.75) is 45.6 Å². The topological polar surface area (TPSA) is 46.9 Å². The van der Waals surface area contributed by atoms with Gasteiger partial charge in [-0.05, 0) is 42.7 Å². The van der Waals surface area contributed by atoms with Crippen LogP contribution in [0, 0.1) is 0 Å². The zero-order valence-corrected chi connectivity index (χ0v) is 20.4. The van der Waals surface area contributed by atoms with Crippen LogP contribution < -0.4 is 5.32 Å². The molecule has 2 heterocycles. The standard InChI is InChI=1S/C29H29N3OS/c1-3-4-5-10-20(2)31-29(33)26-18-30-19-32(26)22-12-8-11-21(17-22)23-14-9-15-25-24-13-6-7-16-27(24)34-28(23)25/h6-9,11-20H,3-5,10H2,1-2H3,(H,31,33)/t20-/m1/s1. The Morgan fingerprint density at radius 1 is 1.03 bits per heavy atom. The number of thiophene rings is 1. The largest absolute Gasteiger partial charge is 0.348 e. The lowest BCUT2D eigenvalue weighted by Gasteiger charge is -2.15. The maximum atomic E-state index is 13.0. The van der Waals surface area contributed by atoms with Gasteiger partial charge < -0.3 is 5.32 Å². The number of nitrogens with one attached hydrogen (secondary N) is 1. The van der Waals surface area contributed by atoms with Gasteiger partial charge in [0.1, 0.15) is 5.69 Å². The second-order valence-electron chi connectivity index (χ2n) is 8.85. The SMILES string of the molecule is CCCCC[C@@H](C)NC(=O)c1cncn1-c1cccc(-c2cccc3c2sc2ccccc23)c1. The first-order chi connectivity index (χ1) is 16.7. The molecule has 0 saturated carbocycles. The van der Waals surface area contributed by atoms with Gasteiger partial charge in [-0.3, -0.25) is 9.36 Å². The van der Waals surface area contributed by atoms with Crippen LogP contribution in [0.4, 0.5) is 0 Å². The van der Waals surface area contributed by atoms with E-state index in [0.717, 1.165) is 24.1 Å². The highest BCUT2D eigenvalue weighted by molar-refractivity contribution is 7.26. The van der Waals surface area contributed by atoms with E-state index in [2.05, 4.69) is 78.7 Å². The molecule has 1 amide bonds. The third-order valence-electron chi connectivity index (χ3n) is 6.33. The summed E-state index contributed by atoms with van der Waals surface area (Å²) in [4.78, 5) is 17.3. The molecular formula is C29H29N3OS. The fourth-order valence-electron chi connectivity index (χ4n) is 4.54. The molecule has 0 radical (unpaired) electrons. The smallest absolute Gasteiger partial charge is 0.270 e. The molecular weight excluding hydrogens is 438 g/mol. The third kappa shape index (κ3) is 4.36. The van der Waals surface area contributed by atoms with Gasteiger partial charge >= 0.3 is 0 Å². The Balaban J connectivity index is 1.47. The second-order valence-corrected chi connectivity index (χ2v) is 9.90. The van der Waals surface area contributed by atoms with Gasteiger partial charge in [-0.25, -0.2) is 4.98 Å². The van der Waals surface area contributed by atoms with Gasteiger partial charge in [0, 0.05) is 31.9 Å². The number of fused-ring (bicyclic) bond motifs is 3. The molecule has 2 aromatic heterocycles. The number of hydrogen-bond acceptors (Lipinski definition) is 3. The minimum absolute atomic E-state index is 0.0847. The van der Waals surface area contributed by atoms with Gasteiger partial charge in [0.05, 0.1) is 12.5 Å². The van der Waals surface area contributed by atoms with E-state index < -0.39 is 0 Å². The van der Waals surface area contributed by atoms with Crippen LogP contribution in [0.15, 0.2) is 79.3 Å². The molecule has 0 saturated heterocycles. The summed E-state index contributed by atoms with van der Waals surface area (Å²) in [5.74, 6) is -0.0847. The molecule has 34 heavy (non-hydrogen) atoms. The number of carbonyl (C=O) groups excluding carboxylic acids is 1. The van der Waals surface area contributed by atoms with Crippen LogP contribution in [-0.2, 0) is 0 Å². The van der Waals surface area contributed by atoms with Crippen LogP contribution in [-0.4, -0.2) is 21.5 Å². The van der Waals surface area contributed by atoms with E-state index in [4.69, 9.17) is 0 Å². The molecule has 4 nitrogen and oxygen atoms in total. The van der Waals surface area contributed by atoms with Gasteiger partial charge in [-0.15, -0.1) is 11.3 Å². The molecule has 0 aliphatic heterocycles. The molecule has 3 aromatic carbocycles. The highest BCUT2D eigenvalue weighted by Gasteiger charge is 2.16. The Labute approximate surface area is 204 Å². The molecule has 0 fully saturated rings. The number of hydrogen-bond donors (Lipinski definition) is 1. The molecule has 1 atom stereocenters. The number of nitrogens with zero attached hydrogens (tertiary/aromatic N) is 2. The lowest BCUT2D eigenvalue weighted by Crippen LogP contribution is -2.33. The highest BCUT2D eigenvalue weighted by atomic mass is 32.1. The summed E-state index contributed by atoms with van der Waals surface area (Å²) in [6.07, 6.45) is 7.85.